The van der Waals surface area contributed by atoms with Crippen LogP contribution >= 0.6 is 0 Å². The van der Waals surface area contributed by atoms with E-state index in [9.17, 15) is 5.26 Å². The minimum Gasteiger partial charge on any atom is -0.299 e. The van der Waals surface area contributed by atoms with Gasteiger partial charge in [0.1, 0.15) is 0 Å². The normalized spacial score (nSPS) is 18.2. The van der Waals surface area contributed by atoms with E-state index in [1.165, 1.54) is 32.1 Å². The van der Waals surface area contributed by atoms with E-state index < -0.39 is 0 Å². The quantitative estimate of drug-likeness (QED) is 0.797. The van der Waals surface area contributed by atoms with E-state index in [0.717, 1.165) is 18.7 Å². The van der Waals surface area contributed by atoms with Crippen molar-refractivity contribution in [2.24, 2.45) is 0 Å². The SMILES string of the molecule is CCN(CC(C#N)c1ccccc1)C1CCCCC1. The highest BCUT2D eigenvalue weighted by atomic mass is 15.1. The lowest BCUT2D eigenvalue weighted by atomic mass is 9.92. The summed E-state index contributed by atoms with van der Waals surface area (Å²) in [5, 5.41) is 9.45. The standard InChI is InChI=1S/C17H24N2/c1-2-19(17-11-7-4-8-12-17)14-16(13-18)15-9-5-3-6-10-15/h3,5-6,9-10,16-17H,2,4,7-8,11-12,14H2,1H3. The highest BCUT2D eigenvalue weighted by Crippen LogP contribution is 2.25. The van der Waals surface area contributed by atoms with Crippen LogP contribution in [0.15, 0.2) is 30.3 Å². The molecule has 1 aromatic carbocycles. The molecular formula is C17H24N2. The minimum absolute atomic E-state index is 0.00285. The summed E-state index contributed by atoms with van der Waals surface area (Å²) in [7, 11) is 0. The second-order valence-electron chi connectivity index (χ2n) is 5.47. The average molecular weight is 256 g/mol. The van der Waals surface area contributed by atoms with Gasteiger partial charge in [0.2, 0.25) is 0 Å². The molecular weight excluding hydrogens is 232 g/mol. The Balaban J connectivity index is 2.01. The maximum absolute atomic E-state index is 9.45. The largest absolute Gasteiger partial charge is 0.299 e. The molecule has 1 aliphatic rings. The van der Waals surface area contributed by atoms with Crippen LogP contribution in [0.4, 0.5) is 0 Å². The summed E-state index contributed by atoms with van der Waals surface area (Å²) >= 11 is 0. The van der Waals surface area contributed by atoms with Crippen molar-refractivity contribution < 1.29 is 0 Å². The molecule has 0 bridgehead atoms. The van der Waals surface area contributed by atoms with E-state index in [1.807, 2.05) is 18.2 Å². The highest BCUT2D eigenvalue weighted by Gasteiger charge is 2.23. The Morgan fingerprint density at radius 2 is 1.89 bits per heavy atom. The zero-order chi connectivity index (χ0) is 13.5. The molecule has 102 valence electrons. The van der Waals surface area contributed by atoms with Crippen LogP contribution in [-0.2, 0) is 0 Å². The van der Waals surface area contributed by atoms with Gasteiger partial charge in [0.15, 0.2) is 0 Å². The molecule has 1 fully saturated rings. The predicted molar refractivity (Wildman–Crippen MR) is 78.9 cm³/mol. The van der Waals surface area contributed by atoms with Crippen LogP contribution in [0.5, 0.6) is 0 Å². The van der Waals surface area contributed by atoms with E-state index in [2.05, 4.69) is 30.0 Å². The van der Waals surface area contributed by atoms with Gasteiger partial charge in [0.25, 0.3) is 0 Å². The summed E-state index contributed by atoms with van der Waals surface area (Å²) in [5.41, 5.74) is 1.15. The summed E-state index contributed by atoms with van der Waals surface area (Å²) in [4.78, 5) is 2.51. The third-order valence-electron chi connectivity index (χ3n) is 4.27. The lowest BCUT2D eigenvalue weighted by Gasteiger charge is -2.34. The molecule has 0 radical (unpaired) electrons. The monoisotopic (exact) mass is 256 g/mol. The molecule has 1 aromatic rings. The van der Waals surface area contributed by atoms with Gasteiger partial charge >= 0.3 is 0 Å². The third kappa shape index (κ3) is 3.81. The van der Waals surface area contributed by atoms with Gasteiger partial charge in [-0.3, -0.25) is 4.90 Å². The fraction of sp³-hybridized carbons (Fsp3) is 0.588. The molecule has 0 aliphatic heterocycles. The van der Waals surface area contributed by atoms with Crippen LogP contribution < -0.4 is 0 Å². The zero-order valence-electron chi connectivity index (χ0n) is 11.9. The van der Waals surface area contributed by atoms with E-state index in [4.69, 9.17) is 0 Å². The lowest BCUT2D eigenvalue weighted by molar-refractivity contribution is 0.161. The van der Waals surface area contributed by atoms with E-state index in [1.54, 1.807) is 0 Å². The van der Waals surface area contributed by atoms with Crippen molar-refractivity contribution in [3.63, 3.8) is 0 Å². The molecule has 2 heteroatoms. The van der Waals surface area contributed by atoms with Gasteiger partial charge < -0.3 is 0 Å². The van der Waals surface area contributed by atoms with Crippen LogP contribution in [0.2, 0.25) is 0 Å². The predicted octanol–water partition coefficient (Wildman–Crippen LogP) is 3.95. The van der Waals surface area contributed by atoms with Crippen molar-refractivity contribution in [2.45, 2.75) is 51.0 Å². The highest BCUT2D eigenvalue weighted by molar-refractivity contribution is 5.25. The number of nitriles is 1. The Kier molecular flexibility index (Phi) is 5.42. The van der Waals surface area contributed by atoms with E-state index >= 15 is 0 Å². The smallest absolute Gasteiger partial charge is 0.0839 e. The molecule has 0 N–H and O–H groups in total. The fourth-order valence-electron chi connectivity index (χ4n) is 3.12. The lowest BCUT2D eigenvalue weighted by Crippen LogP contribution is -2.39. The molecule has 2 rings (SSSR count). The molecule has 0 amide bonds. The van der Waals surface area contributed by atoms with E-state index in [0.29, 0.717) is 6.04 Å². The van der Waals surface area contributed by atoms with Crippen LogP contribution in [0.1, 0.15) is 50.5 Å². The van der Waals surface area contributed by atoms with Crippen molar-refractivity contribution in [3.05, 3.63) is 35.9 Å². The number of nitrogens with zero attached hydrogens (tertiary/aromatic N) is 2. The van der Waals surface area contributed by atoms with Crippen molar-refractivity contribution in [2.75, 3.05) is 13.1 Å². The minimum atomic E-state index is 0.00285. The van der Waals surface area contributed by atoms with Gasteiger partial charge in [-0.15, -0.1) is 0 Å². The van der Waals surface area contributed by atoms with E-state index in [-0.39, 0.29) is 5.92 Å². The third-order valence-corrected chi connectivity index (χ3v) is 4.27. The number of likely N-dealkylation sites (N-methyl/N-ethyl adjacent to an activating group) is 1. The van der Waals surface area contributed by atoms with Crippen molar-refractivity contribution in [1.82, 2.24) is 4.90 Å². The van der Waals surface area contributed by atoms with Gasteiger partial charge in [-0.25, -0.2) is 0 Å². The molecule has 0 spiro atoms. The fourth-order valence-corrected chi connectivity index (χ4v) is 3.12. The average Bonchev–Trinajstić information content (AvgIpc) is 2.50. The first-order valence-electron chi connectivity index (χ1n) is 7.53. The topological polar surface area (TPSA) is 27.0 Å². The first-order valence-corrected chi connectivity index (χ1v) is 7.53. The molecule has 2 nitrogen and oxygen atoms in total. The Morgan fingerprint density at radius 1 is 1.21 bits per heavy atom. The van der Waals surface area contributed by atoms with Crippen molar-refractivity contribution in [3.8, 4) is 6.07 Å². The summed E-state index contributed by atoms with van der Waals surface area (Å²) in [6.45, 7) is 4.14. The summed E-state index contributed by atoms with van der Waals surface area (Å²) in [6.07, 6.45) is 6.70. The molecule has 1 saturated carbocycles. The maximum atomic E-state index is 9.45. The summed E-state index contributed by atoms with van der Waals surface area (Å²) in [5.74, 6) is 0.00285. The Labute approximate surface area is 117 Å². The molecule has 0 aromatic heterocycles. The van der Waals surface area contributed by atoms with Crippen molar-refractivity contribution >= 4 is 0 Å². The van der Waals surface area contributed by atoms with Gasteiger partial charge in [-0.1, -0.05) is 56.5 Å². The number of rotatable bonds is 5. The number of hydrogen-bond donors (Lipinski definition) is 0. The maximum Gasteiger partial charge on any atom is 0.0839 e. The Bertz CT molecular complexity index is 401. The van der Waals surface area contributed by atoms with Gasteiger partial charge in [-0.2, -0.15) is 5.26 Å². The first kappa shape index (κ1) is 14.1. The van der Waals surface area contributed by atoms with Crippen LogP contribution in [0.25, 0.3) is 0 Å². The van der Waals surface area contributed by atoms with Crippen LogP contribution in [0, 0.1) is 11.3 Å². The van der Waals surface area contributed by atoms with Crippen molar-refractivity contribution in [1.29, 1.82) is 5.26 Å². The van der Waals surface area contributed by atoms with Gasteiger partial charge in [-0.05, 0) is 24.9 Å². The summed E-state index contributed by atoms with van der Waals surface area (Å²) in [6, 6.07) is 13.4. The second kappa shape index (κ2) is 7.31. The number of benzene rings is 1. The molecule has 1 aliphatic carbocycles. The first-order chi connectivity index (χ1) is 9.35. The second-order valence-corrected chi connectivity index (χ2v) is 5.47. The Hall–Kier alpha value is -1.33. The van der Waals surface area contributed by atoms with Gasteiger partial charge in [0, 0.05) is 12.6 Å². The molecule has 1 unspecified atom stereocenters. The Morgan fingerprint density at radius 3 is 2.47 bits per heavy atom. The van der Waals surface area contributed by atoms with Gasteiger partial charge in [0.05, 0.1) is 12.0 Å². The van der Waals surface area contributed by atoms with Crippen LogP contribution in [-0.4, -0.2) is 24.0 Å². The molecule has 19 heavy (non-hydrogen) atoms. The number of hydrogen-bond acceptors (Lipinski definition) is 2. The summed E-state index contributed by atoms with van der Waals surface area (Å²) < 4.78 is 0. The van der Waals surface area contributed by atoms with Crippen LogP contribution in [0.3, 0.4) is 0 Å². The molecule has 0 saturated heterocycles. The molecule has 1 atom stereocenters. The molecule has 0 heterocycles. The zero-order valence-corrected chi connectivity index (χ0v) is 11.9.